The molecule has 0 bridgehead atoms. The van der Waals surface area contributed by atoms with E-state index in [-0.39, 0.29) is 0 Å². The lowest BCUT2D eigenvalue weighted by Crippen LogP contribution is -2.36. The van der Waals surface area contributed by atoms with Gasteiger partial charge in [-0.25, -0.2) is 4.79 Å². The largest absolute Gasteiger partial charge is 0.362 e. The summed E-state index contributed by atoms with van der Waals surface area (Å²) in [5, 5.41) is 0. The fourth-order valence-electron chi connectivity index (χ4n) is 1.47. The van der Waals surface area contributed by atoms with Gasteiger partial charge < -0.3 is 4.74 Å². The zero-order valence-corrected chi connectivity index (χ0v) is 7.35. The maximum Gasteiger partial charge on any atom is 0.362 e. The Balaban J connectivity index is 2.49. The monoisotopic (exact) mass is 200 g/mol. The van der Waals surface area contributed by atoms with Crippen molar-refractivity contribution in [3.63, 3.8) is 0 Å². The van der Waals surface area contributed by atoms with Gasteiger partial charge >= 0.3 is 5.69 Å². The van der Waals surface area contributed by atoms with E-state index < -0.39 is 22.3 Å². The molecule has 0 N–H and O–H groups in total. The molecule has 0 amide bonds. The Morgan fingerprint density at radius 3 is 2.93 bits per heavy atom. The van der Waals surface area contributed by atoms with Crippen LogP contribution in [0.3, 0.4) is 0 Å². The first-order valence-corrected chi connectivity index (χ1v) is 4.32. The second-order valence-corrected chi connectivity index (χ2v) is 3.09. The molecule has 2 rings (SSSR count). The molecule has 1 aromatic rings. The number of rotatable bonds is 1. The smallest absolute Gasteiger partial charge is 0.358 e. The van der Waals surface area contributed by atoms with Crippen molar-refractivity contribution >= 4 is 0 Å². The van der Waals surface area contributed by atoms with Gasteiger partial charge in [-0.2, -0.15) is 0 Å². The molecule has 1 aliphatic rings. The van der Waals surface area contributed by atoms with Gasteiger partial charge in [0.2, 0.25) is 0 Å². The molecule has 5 nitrogen and oxygen atoms in total. The molecule has 76 valence electrons. The summed E-state index contributed by atoms with van der Waals surface area (Å²) in [4.78, 5) is 21.6. The molecule has 0 spiro atoms. The molecule has 0 saturated carbocycles. The third-order valence-electron chi connectivity index (χ3n) is 2.18. The van der Waals surface area contributed by atoms with Crippen molar-refractivity contribution in [3.05, 3.63) is 33.1 Å². The molecule has 1 unspecified atom stereocenters. The van der Waals surface area contributed by atoms with Crippen LogP contribution >= 0.6 is 0 Å². The van der Waals surface area contributed by atoms with Crippen molar-refractivity contribution in [1.29, 1.82) is 0 Å². The van der Waals surface area contributed by atoms with E-state index in [0.29, 0.717) is 13.0 Å². The second kappa shape index (κ2) is 3.38. The minimum absolute atomic E-state index is 0.415. The zero-order valence-electron chi connectivity index (χ0n) is 7.35. The van der Waals surface area contributed by atoms with Crippen LogP contribution in [-0.2, 0) is 4.74 Å². The predicted molar refractivity (Wildman–Crippen MR) is 45.7 cm³/mol. The molecule has 0 radical (unpaired) electrons. The summed E-state index contributed by atoms with van der Waals surface area (Å²) in [6.07, 6.45) is 2.32. The van der Waals surface area contributed by atoms with Crippen LogP contribution in [0.2, 0.25) is 0 Å². The van der Waals surface area contributed by atoms with Gasteiger partial charge in [-0.15, -0.1) is 0 Å². The van der Waals surface area contributed by atoms with Gasteiger partial charge in [0.05, 0.1) is 0 Å². The number of aromatic nitrogens is 2. The van der Waals surface area contributed by atoms with E-state index in [9.17, 15) is 14.1 Å². The van der Waals surface area contributed by atoms with Crippen molar-refractivity contribution in [2.24, 2.45) is 0 Å². The average Bonchev–Trinajstić information content (AvgIpc) is 2.67. The topological polar surface area (TPSA) is 53.2 Å². The van der Waals surface area contributed by atoms with Gasteiger partial charge in [-0.1, -0.05) is 9.27 Å². The third kappa shape index (κ3) is 1.37. The van der Waals surface area contributed by atoms with E-state index in [1.165, 1.54) is 6.20 Å². The maximum atomic E-state index is 12.9. The van der Waals surface area contributed by atoms with Crippen molar-refractivity contribution in [1.82, 2.24) is 9.36 Å². The Morgan fingerprint density at radius 1 is 1.50 bits per heavy atom. The molecular weight excluding hydrogens is 191 g/mol. The Morgan fingerprint density at radius 2 is 2.29 bits per heavy atom. The van der Waals surface area contributed by atoms with E-state index in [1.807, 2.05) is 0 Å². The molecule has 1 atom stereocenters. The summed E-state index contributed by atoms with van der Waals surface area (Å²) in [7, 11) is 0. The SMILES string of the molecule is O=c1ccn(C2CCCO2)c(=O)n1F. The lowest BCUT2D eigenvalue weighted by atomic mass is 10.3. The maximum absolute atomic E-state index is 12.9. The van der Waals surface area contributed by atoms with E-state index >= 15 is 0 Å². The van der Waals surface area contributed by atoms with Crippen molar-refractivity contribution in [2.45, 2.75) is 19.1 Å². The normalized spacial score (nSPS) is 21.4. The Labute approximate surface area is 78.3 Å². The predicted octanol–water partition coefficient (Wildman–Crippen LogP) is 0.0516. The number of hydrogen-bond acceptors (Lipinski definition) is 3. The fourth-order valence-corrected chi connectivity index (χ4v) is 1.47. The minimum Gasteiger partial charge on any atom is -0.358 e. The minimum atomic E-state index is -0.982. The van der Waals surface area contributed by atoms with Crippen LogP contribution in [0, 0.1) is 0 Å². The highest BCUT2D eigenvalue weighted by Crippen LogP contribution is 2.20. The van der Waals surface area contributed by atoms with Crippen molar-refractivity contribution in [2.75, 3.05) is 6.61 Å². The number of hydrogen-bond donors (Lipinski definition) is 0. The van der Waals surface area contributed by atoms with E-state index in [4.69, 9.17) is 4.74 Å². The van der Waals surface area contributed by atoms with Crippen LogP contribution in [0.4, 0.5) is 4.48 Å². The van der Waals surface area contributed by atoms with Crippen LogP contribution in [0.25, 0.3) is 0 Å². The Hall–Kier alpha value is -1.43. The quantitative estimate of drug-likeness (QED) is 0.643. The van der Waals surface area contributed by atoms with E-state index in [1.54, 1.807) is 0 Å². The molecule has 0 aromatic carbocycles. The van der Waals surface area contributed by atoms with E-state index in [2.05, 4.69) is 0 Å². The van der Waals surface area contributed by atoms with E-state index in [0.717, 1.165) is 17.1 Å². The van der Waals surface area contributed by atoms with Crippen LogP contribution in [0.1, 0.15) is 19.1 Å². The zero-order chi connectivity index (χ0) is 10.1. The lowest BCUT2D eigenvalue weighted by molar-refractivity contribution is 0.0488. The summed E-state index contributed by atoms with van der Waals surface area (Å²) in [6, 6.07) is 1.00. The highest BCUT2D eigenvalue weighted by atomic mass is 19.2. The van der Waals surface area contributed by atoms with Gasteiger partial charge in [-0.3, -0.25) is 9.36 Å². The van der Waals surface area contributed by atoms with Crippen LogP contribution in [0.5, 0.6) is 0 Å². The summed E-state index contributed by atoms with van der Waals surface area (Å²) >= 11 is 0. The molecule has 2 heterocycles. The average molecular weight is 200 g/mol. The van der Waals surface area contributed by atoms with Gasteiger partial charge in [0.15, 0.2) is 0 Å². The highest BCUT2D eigenvalue weighted by molar-refractivity contribution is 4.86. The first-order chi connectivity index (χ1) is 6.70. The molecular formula is C8H9FN2O3. The Kier molecular flexibility index (Phi) is 2.20. The summed E-state index contributed by atoms with van der Waals surface area (Å²) in [5.74, 6) is 0. The first kappa shape index (κ1) is 9.14. The molecule has 1 aromatic heterocycles. The summed E-state index contributed by atoms with van der Waals surface area (Å²) in [6.45, 7) is 0.558. The van der Waals surface area contributed by atoms with Crippen molar-refractivity contribution < 1.29 is 9.22 Å². The Bertz CT molecular complexity index is 445. The third-order valence-corrected chi connectivity index (χ3v) is 2.18. The van der Waals surface area contributed by atoms with Crippen molar-refractivity contribution in [3.8, 4) is 0 Å². The lowest BCUT2D eigenvalue weighted by Gasteiger charge is -2.11. The molecule has 14 heavy (non-hydrogen) atoms. The second-order valence-electron chi connectivity index (χ2n) is 3.09. The number of halogens is 1. The number of nitrogens with zero attached hydrogens (tertiary/aromatic N) is 2. The molecule has 6 heteroatoms. The van der Waals surface area contributed by atoms with Gasteiger partial charge in [0.1, 0.15) is 6.23 Å². The first-order valence-electron chi connectivity index (χ1n) is 4.32. The standard InChI is InChI=1S/C8H9FN2O3/c9-11-6(12)3-4-10(8(11)13)7-2-1-5-14-7/h3-4,7H,1-2,5H2. The summed E-state index contributed by atoms with van der Waals surface area (Å²) < 4.78 is 19.1. The van der Waals surface area contributed by atoms with Crippen LogP contribution < -0.4 is 11.2 Å². The van der Waals surface area contributed by atoms with Gasteiger partial charge in [-0.05, 0) is 12.8 Å². The number of ether oxygens (including phenoxy) is 1. The molecule has 1 saturated heterocycles. The molecule has 1 fully saturated rings. The molecule has 1 aliphatic heterocycles. The van der Waals surface area contributed by atoms with Gasteiger partial charge in [0, 0.05) is 18.9 Å². The fraction of sp³-hybridized carbons (Fsp3) is 0.500. The van der Waals surface area contributed by atoms with Gasteiger partial charge in [0.25, 0.3) is 5.56 Å². The highest BCUT2D eigenvalue weighted by Gasteiger charge is 2.19. The van der Waals surface area contributed by atoms with Crippen LogP contribution in [0.15, 0.2) is 21.9 Å². The molecule has 0 aliphatic carbocycles. The van der Waals surface area contributed by atoms with Crippen LogP contribution in [-0.4, -0.2) is 16.0 Å². The summed E-state index contributed by atoms with van der Waals surface area (Å²) in [5.41, 5.74) is -1.94.